The standard InChI is InChI=1S/C9H7ClF2O3/c1-14-8(13)6-2-4-7(5-3-6)15-9(10,11)12/h2-5H,1H3. The fourth-order valence-corrected chi connectivity index (χ4v) is 1.000. The van der Waals surface area contributed by atoms with Crippen LogP contribution in [-0.4, -0.2) is 18.6 Å². The van der Waals surface area contributed by atoms with Crippen molar-refractivity contribution in [3.63, 3.8) is 0 Å². The van der Waals surface area contributed by atoms with Crippen LogP contribution in [0, 0.1) is 0 Å². The fraction of sp³-hybridized carbons (Fsp3) is 0.222. The molecular weight excluding hydrogens is 230 g/mol. The van der Waals surface area contributed by atoms with Crippen LogP contribution < -0.4 is 4.74 Å². The number of halogens is 3. The van der Waals surface area contributed by atoms with Crippen molar-refractivity contribution in [2.75, 3.05) is 7.11 Å². The molecule has 0 saturated carbocycles. The molecule has 0 heterocycles. The summed E-state index contributed by atoms with van der Waals surface area (Å²) in [6, 6.07) is 4.98. The van der Waals surface area contributed by atoms with Crippen LogP contribution in [0.2, 0.25) is 0 Å². The number of benzene rings is 1. The van der Waals surface area contributed by atoms with Crippen molar-refractivity contribution >= 4 is 17.6 Å². The molecule has 0 atom stereocenters. The highest BCUT2D eigenvalue weighted by Gasteiger charge is 2.27. The van der Waals surface area contributed by atoms with Crippen LogP contribution in [0.4, 0.5) is 8.78 Å². The highest BCUT2D eigenvalue weighted by molar-refractivity contribution is 6.20. The summed E-state index contributed by atoms with van der Waals surface area (Å²) in [6.45, 7) is 0. The molecule has 0 spiro atoms. The number of esters is 1. The summed E-state index contributed by atoms with van der Waals surface area (Å²) in [5.74, 6) is -0.693. The average molecular weight is 237 g/mol. The van der Waals surface area contributed by atoms with E-state index in [0.29, 0.717) is 0 Å². The van der Waals surface area contributed by atoms with Crippen LogP contribution >= 0.6 is 11.6 Å². The molecule has 0 amide bonds. The van der Waals surface area contributed by atoms with Crippen molar-refractivity contribution < 1.29 is 23.0 Å². The van der Waals surface area contributed by atoms with Gasteiger partial charge in [0, 0.05) is 11.6 Å². The quantitative estimate of drug-likeness (QED) is 0.598. The summed E-state index contributed by atoms with van der Waals surface area (Å²) >= 11 is 4.55. The first-order valence-corrected chi connectivity index (χ1v) is 4.24. The zero-order valence-electron chi connectivity index (χ0n) is 7.67. The smallest absolute Gasteiger partial charge is 0.465 e. The van der Waals surface area contributed by atoms with Crippen molar-refractivity contribution in [2.45, 2.75) is 5.57 Å². The summed E-state index contributed by atoms with van der Waals surface area (Å²) < 4.78 is 32.8. The van der Waals surface area contributed by atoms with E-state index in [-0.39, 0.29) is 11.3 Å². The van der Waals surface area contributed by atoms with E-state index in [4.69, 9.17) is 0 Å². The van der Waals surface area contributed by atoms with E-state index in [0.717, 1.165) is 0 Å². The van der Waals surface area contributed by atoms with Crippen LogP contribution in [0.3, 0.4) is 0 Å². The van der Waals surface area contributed by atoms with Gasteiger partial charge in [0.2, 0.25) is 0 Å². The minimum absolute atomic E-state index is 0.136. The van der Waals surface area contributed by atoms with Crippen molar-refractivity contribution in [3.05, 3.63) is 29.8 Å². The third kappa shape index (κ3) is 3.71. The van der Waals surface area contributed by atoms with Gasteiger partial charge < -0.3 is 9.47 Å². The first-order valence-electron chi connectivity index (χ1n) is 3.86. The molecule has 0 radical (unpaired) electrons. The van der Waals surface area contributed by atoms with E-state index in [1.165, 1.54) is 31.4 Å². The van der Waals surface area contributed by atoms with Crippen LogP contribution in [0.5, 0.6) is 5.75 Å². The molecule has 1 aromatic rings. The Balaban J connectivity index is 2.77. The Bertz CT molecular complexity index is 345. The topological polar surface area (TPSA) is 35.5 Å². The van der Waals surface area contributed by atoms with E-state index in [1.807, 2.05) is 0 Å². The van der Waals surface area contributed by atoms with Gasteiger partial charge in [-0.1, -0.05) is 0 Å². The Morgan fingerprint density at radius 1 is 1.33 bits per heavy atom. The Kier molecular flexibility index (Phi) is 3.47. The molecule has 1 aromatic carbocycles. The predicted octanol–water partition coefficient (Wildman–Crippen LogP) is 2.64. The monoisotopic (exact) mass is 236 g/mol. The molecule has 82 valence electrons. The van der Waals surface area contributed by atoms with Gasteiger partial charge in [0.05, 0.1) is 12.7 Å². The first-order chi connectivity index (χ1) is 6.92. The molecule has 3 nitrogen and oxygen atoms in total. The van der Waals surface area contributed by atoms with Crippen LogP contribution in [-0.2, 0) is 4.74 Å². The largest absolute Gasteiger partial charge is 0.487 e. The maximum Gasteiger partial charge on any atom is 0.487 e. The molecule has 0 saturated heterocycles. The molecule has 0 bridgehead atoms. The molecule has 0 aromatic heterocycles. The number of hydrogen-bond acceptors (Lipinski definition) is 3. The summed E-state index contributed by atoms with van der Waals surface area (Å²) in [5.41, 5.74) is -3.52. The lowest BCUT2D eigenvalue weighted by atomic mass is 10.2. The second kappa shape index (κ2) is 4.44. The molecule has 1 rings (SSSR count). The number of carbonyl (C=O) groups is 1. The molecule has 0 aliphatic rings. The van der Waals surface area contributed by atoms with E-state index in [1.54, 1.807) is 0 Å². The van der Waals surface area contributed by atoms with E-state index in [9.17, 15) is 13.6 Å². The van der Waals surface area contributed by atoms with E-state index >= 15 is 0 Å². The lowest BCUT2D eigenvalue weighted by Crippen LogP contribution is -2.15. The summed E-state index contributed by atoms with van der Waals surface area (Å²) in [5, 5.41) is 0. The van der Waals surface area contributed by atoms with E-state index < -0.39 is 11.5 Å². The number of ether oxygens (including phenoxy) is 2. The normalized spacial score (nSPS) is 10.9. The molecule has 0 N–H and O–H groups in total. The van der Waals surface area contributed by atoms with E-state index in [2.05, 4.69) is 21.1 Å². The SMILES string of the molecule is COC(=O)c1ccc(OC(F)(F)Cl)cc1. The number of rotatable bonds is 3. The minimum Gasteiger partial charge on any atom is -0.465 e. The maximum absolute atomic E-state index is 12.2. The fourth-order valence-electron chi connectivity index (χ4n) is 0.911. The average Bonchev–Trinajstić information content (AvgIpc) is 2.15. The van der Waals surface area contributed by atoms with Gasteiger partial charge in [-0.15, -0.1) is 8.78 Å². The van der Waals surface area contributed by atoms with Crippen LogP contribution in [0.1, 0.15) is 10.4 Å². The molecule has 15 heavy (non-hydrogen) atoms. The van der Waals surface area contributed by atoms with Crippen molar-refractivity contribution in [3.8, 4) is 5.75 Å². The highest BCUT2D eigenvalue weighted by atomic mass is 35.5. The Morgan fingerprint density at radius 3 is 2.27 bits per heavy atom. The van der Waals surface area contributed by atoms with Crippen molar-refractivity contribution in [1.29, 1.82) is 0 Å². The second-order valence-electron chi connectivity index (χ2n) is 2.56. The van der Waals surface area contributed by atoms with Gasteiger partial charge in [0.25, 0.3) is 0 Å². The summed E-state index contributed by atoms with van der Waals surface area (Å²) in [4.78, 5) is 11.0. The van der Waals surface area contributed by atoms with Crippen molar-refractivity contribution in [1.82, 2.24) is 0 Å². The number of methoxy groups -OCH3 is 1. The van der Waals surface area contributed by atoms with Gasteiger partial charge in [-0.05, 0) is 24.3 Å². The highest BCUT2D eigenvalue weighted by Crippen LogP contribution is 2.24. The Labute approximate surface area is 89.5 Å². The number of alkyl halides is 3. The van der Waals surface area contributed by atoms with Gasteiger partial charge >= 0.3 is 11.5 Å². The Hall–Kier alpha value is -1.36. The minimum atomic E-state index is -3.76. The van der Waals surface area contributed by atoms with Gasteiger partial charge in [0.15, 0.2) is 0 Å². The van der Waals surface area contributed by atoms with Crippen molar-refractivity contribution in [2.24, 2.45) is 0 Å². The van der Waals surface area contributed by atoms with Crippen LogP contribution in [0.25, 0.3) is 0 Å². The molecular formula is C9H7ClF2O3. The molecule has 0 aliphatic carbocycles. The molecule has 6 heteroatoms. The second-order valence-corrected chi connectivity index (χ2v) is 3.00. The zero-order chi connectivity index (χ0) is 11.5. The molecule has 0 aliphatic heterocycles. The molecule has 0 fully saturated rings. The number of hydrogen-bond donors (Lipinski definition) is 0. The molecule has 0 unspecified atom stereocenters. The third-order valence-corrected chi connectivity index (χ3v) is 1.59. The lowest BCUT2D eigenvalue weighted by molar-refractivity contribution is -0.0964. The Morgan fingerprint density at radius 2 is 1.87 bits per heavy atom. The van der Waals surface area contributed by atoms with Gasteiger partial charge in [-0.25, -0.2) is 4.79 Å². The van der Waals surface area contributed by atoms with Gasteiger partial charge in [-0.2, -0.15) is 0 Å². The lowest BCUT2D eigenvalue weighted by Gasteiger charge is -2.10. The van der Waals surface area contributed by atoms with Gasteiger partial charge in [0.1, 0.15) is 5.75 Å². The first kappa shape index (κ1) is 11.7. The maximum atomic E-state index is 12.2. The van der Waals surface area contributed by atoms with Gasteiger partial charge in [-0.3, -0.25) is 0 Å². The predicted molar refractivity (Wildman–Crippen MR) is 49.2 cm³/mol. The summed E-state index contributed by atoms with van der Waals surface area (Å²) in [7, 11) is 1.22. The zero-order valence-corrected chi connectivity index (χ0v) is 8.42. The van der Waals surface area contributed by atoms with Crippen LogP contribution in [0.15, 0.2) is 24.3 Å². The number of carbonyl (C=O) groups excluding carboxylic acids is 1. The third-order valence-electron chi connectivity index (χ3n) is 1.51. The summed E-state index contributed by atoms with van der Waals surface area (Å²) in [6.07, 6.45) is 0.